The van der Waals surface area contributed by atoms with Crippen molar-refractivity contribution in [2.45, 2.75) is 47.0 Å². The number of rotatable bonds is 0. The van der Waals surface area contributed by atoms with Crippen LogP contribution in [-0.2, 0) is 5.41 Å². The van der Waals surface area contributed by atoms with Crippen LogP contribution in [0.3, 0.4) is 0 Å². The lowest BCUT2D eigenvalue weighted by atomic mass is 9.90. The highest BCUT2D eigenvalue weighted by Gasteiger charge is 2.16. The number of fused-ring (bicyclic) bond motifs is 1. The predicted octanol–water partition coefficient (Wildman–Crippen LogP) is 4.46. The zero-order valence-electron chi connectivity index (χ0n) is 11.7. The van der Waals surface area contributed by atoms with E-state index in [-0.39, 0.29) is 5.41 Å². The molecule has 0 N–H and O–H groups in total. The molecular formula is C16H21N. The highest BCUT2D eigenvalue weighted by molar-refractivity contribution is 5.84. The number of hydrogen-bond acceptors (Lipinski definition) is 1. The molecule has 1 aromatic heterocycles. The van der Waals surface area contributed by atoms with E-state index < -0.39 is 0 Å². The highest BCUT2D eigenvalue weighted by Crippen LogP contribution is 2.27. The molecule has 1 heteroatoms. The van der Waals surface area contributed by atoms with Gasteiger partial charge < -0.3 is 0 Å². The zero-order chi connectivity index (χ0) is 12.8. The number of nitrogens with zero attached hydrogens (tertiary/aromatic N) is 1. The molecule has 0 saturated heterocycles. The summed E-state index contributed by atoms with van der Waals surface area (Å²) in [6, 6.07) is 6.58. The molecule has 0 aliphatic rings. The summed E-state index contributed by atoms with van der Waals surface area (Å²) in [7, 11) is 0. The molecule has 0 saturated carbocycles. The smallest absolute Gasteiger partial charge is 0.0737 e. The average molecular weight is 227 g/mol. The number of aromatic nitrogens is 1. The number of aryl methyl sites for hydroxylation is 2. The fraction of sp³-hybridized carbons (Fsp3) is 0.438. The maximum atomic E-state index is 4.85. The largest absolute Gasteiger partial charge is 0.252 e. The first-order chi connectivity index (χ1) is 7.80. The van der Waals surface area contributed by atoms with Gasteiger partial charge in [-0.25, -0.2) is 0 Å². The third kappa shape index (κ3) is 2.06. The Balaban J connectivity index is 2.78. The first kappa shape index (κ1) is 12.1. The Morgan fingerprint density at radius 2 is 1.59 bits per heavy atom. The van der Waals surface area contributed by atoms with Gasteiger partial charge in [0.15, 0.2) is 0 Å². The molecular weight excluding hydrogens is 206 g/mol. The number of benzene rings is 1. The van der Waals surface area contributed by atoms with E-state index in [4.69, 9.17) is 4.98 Å². The molecule has 1 heterocycles. The summed E-state index contributed by atoms with van der Waals surface area (Å²) in [5.41, 5.74) is 6.44. The second kappa shape index (κ2) is 3.83. The molecule has 1 aromatic carbocycles. The highest BCUT2D eigenvalue weighted by atomic mass is 14.7. The van der Waals surface area contributed by atoms with Gasteiger partial charge in [0, 0.05) is 16.5 Å². The molecule has 0 fully saturated rings. The Morgan fingerprint density at radius 3 is 2.18 bits per heavy atom. The lowest BCUT2D eigenvalue weighted by Crippen LogP contribution is -2.13. The molecule has 0 bridgehead atoms. The van der Waals surface area contributed by atoms with Crippen LogP contribution in [0.1, 0.15) is 43.2 Å². The second-order valence-corrected chi connectivity index (χ2v) is 5.96. The van der Waals surface area contributed by atoms with Crippen LogP contribution in [0.15, 0.2) is 18.2 Å². The van der Waals surface area contributed by atoms with Gasteiger partial charge in [0.2, 0.25) is 0 Å². The minimum absolute atomic E-state index is 0.111. The van der Waals surface area contributed by atoms with Crippen molar-refractivity contribution >= 4 is 10.9 Å². The van der Waals surface area contributed by atoms with Crippen LogP contribution in [0.5, 0.6) is 0 Å². The van der Waals surface area contributed by atoms with Crippen molar-refractivity contribution in [1.82, 2.24) is 4.98 Å². The quantitative estimate of drug-likeness (QED) is 0.647. The lowest BCUT2D eigenvalue weighted by molar-refractivity contribution is 0.571. The summed E-state index contributed by atoms with van der Waals surface area (Å²) < 4.78 is 0. The van der Waals surface area contributed by atoms with Crippen molar-refractivity contribution in [3.8, 4) is 0 Å². The summed E-state index contributed by atoms with van der Waals surface area (Å²) in [6.45, 7) is 13.1. The van der Waals surface area contributed by atoms with Gasteiger partial charge in [0.1, 0.15) is 0 Å². The minimum atomic E-state index is 0.111. The molecule has 0 aliphatic heterocycles. The van der Waals surface area contributed by atoms with E-state index in [9.17, 15) is 0 Å². The van der Waals surface area contributed by atoms with E-state index in [2.05, 4.69) is 59.7 Å². The summed E-state index contributed by atoms with van der Waals surface area (Å²) in [5, 5.41) is 1.25. The van der Waals surface area contributed by atoms with Crippen LogP contribution in [-0.4, -0.2) is 4.98 Å². The topological polar surface area (TPSA) is 12.9 Å². The molecule has 0 atom stereocenters. The Bertz CT molecular complexity index is 574. The standard InChI is InChI=1S/C16H21N/c1-10-9-13-7-8-14(16(4,5)6)17-15(13)12(3)11(10)2/h7-9H,1-6H3. The van der Waals surface area contributed by atoms with Crippen molar-refractivity contribution in [2.24, 2.45) is 0 Å². The SMILES string of the molecule is Cc1cc2ccc(C(C)(C)C)nc2c(C)c1C. The predicted molar refractivity (Wildman–Crippen MR) is 74.7 cm³/mol. The maximum Gasteiger partial charge on any atom is 0.0737 e. The first-order valence-electron chi connectivity index (χ1n) is 6.19. The summed E-state index contributed by atoms with van der Waals surface area (Å²) in [5.74, 6) is 0. The fourth-order valence-corrected chi connectivity index (χ4v) is 2.12. The molecule has 2 rings (SSSR count). The second-order valence-electron chi connectivity index (χ2n) is 5.96. The molecule has 0 amide bonds. The van der Waals surface area contributed by atoms with E-state index in [0.29, 0.717) is 0 Å². The van der Waals surface area contributed by atoms with Crippen molar-refractivity contribution < 1.29 is 0 Å². The summed E-state index contributed by atoms with van der Waals surface area (Å²) >= 11 is 0. The van der Waals surface area contributed by atoms with Gasteiger partial charge in [0.25, 0.3) is 0 Å². The molecule has 0 radical (unpaired) electrons. The Labute approximate surface area is 104 Å². The molecule has 1 nitrogen and oxygen atoms in total. The normalized spacial score (nSPS) is 12.1. The van der Waals surface area contributed by atoms with Gasteiger partial charge >= 0.3 is 0 Å². The van der Waals surface area contributed by atoms with E-state index >= 15 is 0 Å². The van der Waals surface area contributed by atoms with E-state index in [1.807, 2.05) is 0 Å². The van der Waals surface area contributed by atoms with Gasteiger partial charge in [0.05, 0.1) is 5.52 Å². The van der Waals surface area contributed by atoms with E-state index in [1.54, 1.807) is 0 Å². The van der Waals surface area contributed by atoms with Crippen LogP contribution in [0.25, 0.3) is 10.9 Å². The van der Waals surface area contributed by atoms with E-state index in [1.165, 1.54) is 22.1 Å². The van der Waals surface area contributed by atoms with E-state index in [0.717, 1.165) is 11.2 Å². The molecule has 17 heavy (non-hydrogen) atoms. The van der Waals surface area contributed by atoms with Crippen LogP contribution >= 0.6 is 0 Å². The van der Waals surface area contributed by atoms with Crippen LogP contribution in [0.2, 0.25) is 0 Å². The molecule has 2 aromatic rings. The van der Waals surface area contributed by atoms with Crippen molar-refractivity contribution in [1.29, 1.82) is 0 Å². The first-order valence-corrected chi connectivity index (χ1v) is 6.19. The van der Waals surface area contributed by atoms with Gasteiger partial charge in [-0.15, -0.1) is 0 Å². The Kier molecular flexibility index (Phi) is 2.73. The van der Waals surface area contributed by atoms with Crippen LogP contribution < -0.4 is 0 Å². The molecule has 90 valence electrons. The monoisotopic (exact) mass is 227 g/mol. The van der Waals surface area contributed by atoms with Crippen molar-refractivity contribution in [3.05, 3.63) is 40.6 Å². The number of pyridine rings is 1. The van der Waals surface area contributed by atoms with Gasteiger partial charge in [-0.2, -0.15) is 0 Å². The minimum Gasteiger partial charge on any atom is -0.252 e. The van der Waals surface area contributed by atoms with Crippen LogP contribution in [0, 0.1) is 20.8 Å². The van der Waals surface area contributed by atoms with Crippen molar-refractivity contribution in [3.63, 3.8) is 0 Å². The van der Waals surface area contributed by atoms with Gasteiger partial charge in [-0.05, 0) is 49.6 Å². The lowest BCUT2D eigenvalue weighted by Gasteiger charge is -2.19. The maximum absolute atomic E-state index is 4.85. The Hall–Kier alpha value is -1.37. The molecule has 0 unspecified atom stereocenters. The summed E-state index contributed by atoms with van der Waals surface area (Å²) in [6.07, 6.45) is 0. The van der Waals surface area contributed by atoms with Gasteiger partial charge in [-0.1, -0.05) is 26.8 Å². The number of hydrogen-bond donors (Lipinski definition) is 0. The fourth-order valence-electron chi connectivity index (χ4n) is 2.12. The zero-order valence-corrected chi connectivity index (χ0v) is 11.7. The van der Waals surface area contributed by atoms with Crippen LogP contribution in [0.4, 0.5) is 0 Å². The third-order valence-electron chi connectivity index (χ3n) is 3.58. The van der Waals surface area contributed by atoms with Gasteiger partial charge in [-0.3, -0.25) is 4.98 Å². The summed E-state index contributed by atoms with van der Waals surface area (Å²) in [4.78, 5) is 4.85. The molecule has 0 spiro atoms. The Morgan fingerprint density at radius 1 is 0.941 bits per heavy atom. The molecule has 0 aliphatic carbocycles. The third-order valence-corrected chi connectivity index (χ3v) is 3.58. The average Bonchev–Trinajstić information content (AvgIpc) is 2.24. The van der Waals surface area contributed by atoms with Crippen molar-refractivity contribution in [2.75, 3.05) is 0 Å².